The van der Waals surface area contributed by atoms with Crippen molar-refractivity contribution < 1.29 is 9.90 Å². The molecule has 1 aromatic rings. The molecule has 0 fully saturated rings. The van der Waals surface area contributed by atoms with Crippen molar-refractivity contribution in [2.45, 2.75) is 32.7 Å². The summed E-state index contributed by atoms with van der Waals surface area (Å²) in [5.74, 6) is -1.02. The van der Waals surface area contributed by atoms with Gasteiger partial charge in [0.2, 0.25) is 0 Å². The van der Waals surface area contributed by atoms with Gasteiger partial charge in [-0.25, -0.2) is 4.79 Å². The third-order valence-corrected chi connectivity index (χ3v) is 3.45. The maximum absolute atomic E-state index is 11.3. The summed E-state index contributed by atoms with van der Waals surface area (Å²) in [6.07, 6.45) is 1.85. The molecule has 0 saturated heterocycles. The van der Waals surface area contributed by atoms with Gasteiger partial charge in [0.15, 0.2) is 0 Å². The summed E-state index contributed by atoms with van der Waals surface area (Å²) in [6.45, 7) is 4.13. The molecule has 0 aromatic heterocycles. The maximum atomic E-state index is 11.3. The molecule has 0 aliphatic carbocycles. The third kappa shape index (κ3) is 2.88. The van der Waals surface area contributed by atoms with E-state index in [9.17, 15) is 9.90 Å². The van der Waals surface area contributed by atoms with Crippen LogP contribution in [-0.2, 0) is 0 Å². The molecule has 0 amide bonds. The number of nitrogens with two attached hydrogens (primary N) is 1. The van der Waals surface area contributed by atoms with Crippen molar-refractivity contribution in [2.24, 2.45) is 0 Å². The number of carboxylic acids is 1. The lowest BCUT2D eigenvalue weighted by atomic mass is 10.1. The zero-order valence-electron chi connectivity index (χ0n) is 10.9. The lowest BCUT2D eigenvalue weighted by molar-refractivity contribution is 0.0697. The fourth-order valence-electron chi connectivity index (χ4n) is 2.16. The zero-order valence-corrected chi connectivity index (χ0v) is 11.7. The van der Waals surface area contributed by atoms with Gasteiger partial charge in [-0.15, -0.1) is 0 Å². The van der Waals surface area contributed by atoms with Crippen molar-refractivity contribution in [1.82, 2.24) is 0 Å². The zero-order chi connectivity index (χ0) is 13.9. The van der Waals surface area contributed by atoms with Gasteiger partial charge in [0.1, 0.15) is 0 Å². The number of hydrogen-bond acceptors (Lipinski definition) is 3. The average Bonchev–Trinajstić information content (AvgIpc) is 2.29. The van der Waals surface area contributed by atoms with E-state index in [-0.39, 0.29) is 11.6 Å². The number of carbonyl (C=O) groups is 1. The van der Waals surface area contributed by atoms with Crippen molar-refractivity contribution in [2.75, 3.05) is 17.7 Å². The fourth-order valence-corrected chi connectivity index (χ4v) is 2.52. The van der Waals surface area contributed by atoms with Crippen LogP contribution in [0.15, 0.2) is 12.1 Å². The molecule has 0 unspecified atom stereocenters. The Hall–Kier alpha value is -1.42. The van der Waals surface area contributed by atoms with Gasteiger partial charge in [-0.05, 0) is 25.0 Å². The first-order valence-corrected chi connectivity index (χ1v) is 6.35. The van der Waals surface area contributed by atoms with E-state index in [1.807, 2.05) is 11.9 Å². The Balaban J connectivity index is 3.33. The highest BCUT2D eigenvalue weighted by atomic mass is 35.5. The minimum absolute atomic E-state index is 0.148. The highest BCUT2D eigenvalue weighted by Gasteiger charge is 2.21. The molecular weight excluding hydrogens is 252 g/mol. The first-order valence-electron chi connectivity index (χ1n) is 5.97. The highest BCUT2D eigenvalue weighted by molar-refractivity contribution is 6.34. The molecule has 0 radical (unpaired) electrons. The minimum Gasteiger partial charge on any atom is -0.478 e. The summed E-state index contributed by atoms with van der Waals surface area (Å²) in [5, 5.41) is 9.63. The van der Waals surface area contributed by atoms with E-state index in [4.69, 9.17) is 17.3 Å². The lowest BCUT2D eigenvalue weighted by Gasteiger charge is -2.30. The van der Waals surface area contributed by atoms with Gasteiger partial charge in [0, 0.05) is 18.8 Å². The number of halogens is 1. The average molecular weight is 271 g/mol. The van der Waals surface area contributed by atoms with Crippen LogP contribution in [0.5, 0.6) is 0 Å². The largest absolute Gasteiger partial charge is 0.478 e. The quantitative estimate of drug-likeness (QED) is 0.806. The van der Waals surface area contributed by atoms with Crippen LogP contribution in [0.3, 0.4) is 0 Å². The summed E-state index contributed by atoms with van der Waals surface area (Å²) in [5.41, 5.74) is 6.68. The standard InChI is InChI=1S/C13H19ClN2O2/c1-4-9(5-2)16(3)12-10(13(17)18)6-8(15)7-11(12)14/h6-7,9H,4-5,15H2,1-3H3,(H,17,18). The first kappa shape index (κ1) is 14.6. The second-order valence-electron chi connectivity index (χ2n) is 4.29. The molecule has 1 aromatic carbocycles. The molecule has 3 N–H and O–H groups in total. The van der Waals surface area contributed by atoms with Crippen molar-refractivity contribution in [3.05, 3.63) is 22.7 Å². The summed E-state index contributed by atoms with van der Waals surface area (Å²) < 4.78 is 0. The van der Waals surface area contributed by atoms with Gasteiger partial charge < -0.3 is 15.7 Å². The predicted octanol–water partition coefficient (Wildman–Crippen LogP) is 3.25. The van der Waals surface area contributed by atoms with Crippen LogP contribution < -0.4 is 10.6 Å². The van der Waals surface area contributed by atoms with E-state index in [0.29, 0.717) is 16.4 Å². The van der Waals surface area contributed by atoms with Gasteiger partial charge in [-0.2, -0.15) is 0 Å². The number of rotatable bonds is 5. The van der Waals surface area contributed by atoms with Crippen LogP contribution in [0, 0.1) is 0 Å². The van der Waals surface area contributed by atoms with E-state index < -0.39 is 5.97 Å². The number of nitrogen functional groups attached to an aromatic ring is 1. The van der Waals surface area contributed by atoms with Crippen LogP contribution in [0.4, 0.5) is 11.4 Å². The van der Waals surface area contributed by atoms with Crippen LogP contribution in [0.25, 0.3) is 0 Å². The molecule has 4 nitrogen and oxygen atoms in total. The Morgan fingerprint density at radius 1 is 1.44 bits per heavy atom. The Kier molecular flexibility index (Phi) is 4.84. The normalized spacial score (nSPS) is 10.7. The van der Waals surface area contributed by atoms with Gasteiger partial charge >= 0.3 is 5.97 Å². The highest BCUT2D eigenvalue weighted by Crippen LogP contribution is 2.33. The van der Waals surface area contributed by atoms with E-state index in [1.165, 1.54) is 6.07 Å². The number of nitrogens with zero attached hydrogens (tertiary/aromatic N) is 1. The maximum Gasteiger partial charge on any atom is 0.337 e. The Morgan fingerprint density at radius 2 is 2.00 bits per heavy atom. The molecule has 0 aliphatic heterocycles. The van der Waals surface area contributed by atoms with Gasteiger partial charge in [0.25, 0.3) is 0 Å². The number of anilines is 2. The van der Waals surface area contributed by atoms with E-state index in [2.05, 4.69) is 13.8 Å². The molecule has 0 saturated carbocycles. The number of hydrogen-bond donors (Lipinski definition) is 2. The van der Waals surface area contributed by atoms with Gasteiger partial charge in [0.05, 0.1) is 16.3 Å². The van der Waals surface area contributed by atoms with Crippen molar-refractivity contribution >= 4 is 28.9 Å². The molecule has 0 aliphatic rings. The minimum atomic E-state index is -1.02. The predicted molar refractivity (Wildman–Crippen MR) is 75.6 cm³/mol. The number of carboxylic acid groups (broad SMARTS) is 1. The van der Waals surface area contributed by atoms with E-state index >= 15 is 0 Å². The molecule has 100 valence electrons. The first-order chi connectivity index (χ1) is 8.42. The molecular formula is C13H19ClN2O2. The molecule has 0 atom stereocenters. The number of aromatic carboxylic acids is 1. The molecule has 5 heteroatoms. The van der Waals surface area contributed by atoms with E-state index in [0.717, 1.165) is 12.8 Å². The lowest BCUT2D eigenvalue weighted by Crippen LogP contribution is -2.32. The smallest absolute Gasteiger partial charge is 0.337 e. The second-order valence-corrected chi connectivity index (χ2v) is 4.69. The van der Waals surface area contributed by atoms with Crippen LogP contribution in [0.1, 0.15) is 37.0 Å². The summed E-state index contributed by atoms with van der Waals surface area (Å²) in [4.78, 5) is 13.2. The van der Waals surface area contributed by atoms with Crippen molar-refractivity contribution in [1.29, 1.82) is 0 Å². The molecule has 0 heterocycles. The molecule has 1 rings (SSSR count). The van der Waals surface area contributed by atoms with Gasteiger partial charge in [-0.1, -0.05) is 25.4 Å². The Morgan fingerprint density at radius 3 is 2.44 bits per heavy atom. The van der Waals surface area contributed by atoms with E-state index in [1.54, 1.807) is 6.07 Å². The topological polar surface area (TPSA) is 66.6 Å². The summed E-state index contributed by atoms with van der Waals surface area (Å²) >= 11 is 6.15. The Bertz CT molecular complexity index is 445. The van der Waals surface area contributed by atoms with Crippen LogP contribution >= 0.6 is 11.6 Å². The van der Waals surface area contributed by atoms with Crippen molar-refractivity contribution in [3.8, 4) is 0 Å². The van der Waals surface area contributed by atoms with Crippen LogP contribution in [0.2, 0.25) is 5.02 Å². The third-order valence-electron chi connectivity index (χ3n) is 3.16. The molecule has 0 spiro atoms. The molecule has 18 heavy (non-hydrogen) atoms. The monoisotopic (exact) mass is 270 g/mol. The number of benzene rings is 1. The Labute approximate surface area is 112 Å². The molecule has 0 bridgehead atoms. The summed E-state index contributed by atoms with van der Waals surface area (Å²) in [6, 6.07) is 3.29. The second kappa shape index (κ2) is 5.96. The SMILES string of the molecule is CCC(CC)N(C)c1c(Cl)cc(N)cc1C(=O)O. The fraction of sp³-hybridized carbons (Fsp3) is 0.462. The van der Waals surface area contributed by atoms with Gasteiger partial charge in [-0.3, -0.25) is 0 Å². The van der Waals surface area contributed by atoms with Crippen molar-refractivity contribution in [3.63, 3.8) is 0 Å². The van der Waals surface area contributed by atoms with Crippen LogP contribution in [-0.4, -0.2) is 24.2 Å². The summed E-state index contributed by atoms with van der Waals surface area (Å²) in [7, 11) is 1.86.